The first kappa shape index (κ1) is 15.5. The van der Waals surface area contributed by atoms with Crippen LogP contribution in [0.4, 0.5) is 8.78 Å². The maximum absolute atomic E-state index is 13.9. The van der Waals surface area contributed by atoms with Crippen molar-refractivity contribution in [3.63, 3.8) is 0 Å². The fraction of sp³-hybridized carbons (Fsp3) is 0.333. The first-order valence-electron chi connectivity index (χ1n) is 8.63. The van der Waals surface area contributed by atoms with Crippen molar-refractivity contribution in [2.45, 2.75) is 44.3 Å². The van der Waals surface area contributed by atoms with Gasteiger partial charge in [-0.2, -0.15) is 0 Å². The van der Waals surface area contributed by atoms with Crippen molar-refractivity contribution >= 4 is 0 Å². The van der Waals surface area contributed by atoms with Gasteiger partial charge >= 0.3 is 0 Å². The van der Waals surface area contributed by atoms with Gasteiger partial charge in [-0.15, -0.1) is 0 Å². The zero-order valence-corrected chi connectivity index (χ0v) is 13.6. The molecule has 0 aliphatic carbocycles. The monoisotopic (exact) mass is 325 g/mol. The minimum atomic E-state index is -0.435. The average molecular weight is 325 g/mol. The molecule has 0 saturated carbocycles. The van der Waals surface area contributed by atoms with Crippen LogP contribution in [0.15, 0.2) is 60.2 Å². The molecule has 3 heteroatoms. The van der Waals surface area contributed by atoms with Crippen molar-refractivity contribution in [1.29, 1.82) is 0 Å². The molecule has 2 heterocycles. The van der Waals surface area contributed by atoms with Crippen LogP contribution in [0.3, 0.4) is 0 Å². The molecule has 2 aromatic rings. The molecule has 2 atom stereocenters. The van der Waals surface area contributed by atoms with E-state index in [0.29, 0.717) is 18.5 Å². The summed E-state index contributed by atoms with van der Waals surface area (Å²) in [4.78, 5) is 2.54. The molecule has 0 amide bonds. The van der Waals surface area contributed by atoms with E-state index in [0.717, 1.165) is 25.8 Å². The number of fused-ring (bicyclic) bond motifs is 2. The van der Waals surface area contributed by atoms with Gasteiger partial charge in [-0.1, -0.05) is 48.0 Å². The van der Waals surface area contributed by atoms with Gasteiger partial charge in [-0.05, 0) is 43.4 Å². The second-order valence-electron chi connectivity index (χ2n) is 6.86. The second-order valence-corrected chi connectivity index (χ2v) is 6.86. The Labute approximate surface area is 141 Å². The lowest BCUT2D eigenvalue weighted by Gasteiger charge is -2.34. The molecule has 1 nitrogen and oxygen atoms in total. The van der Waals surface area contributed by atoms with Crippen LogP contribution in [-0.4, -0.2) is 17.0 Å². The molecule has 0 N–H and O–H groups in total. The van der Waals surface area contributed by atoms with Gasteiger partial charge in [0.25, 0.3) is 0 Å². The summed E-state index contributed by atoms with van der Waals surface area (Å²) in [5, 5.41) is 0. The zero-order valence-electron chi connectivity index (χ0n) is 13.6. The van der Waals surface area contributed by atoms with E-state index in [1.807, 2.05) is 6.07 Å². The molecule has 24 heavy (non-hydrogen) atoms. The van der Waals surface area contributed by atoms with Crippen LogP contribution in [0, 0.1) is 11.6 Å². The number of rotatable bonds is 4. The Morgan fingerprint density at radius 1 is 0.917 bits per heavy atom. The molecule has 1 fully saturated rings. The molecule has 2 aromatic carbocycles. The van der Waals surface area contributed by atoms with Gasteiger partial charge in [-0.3, -0.25) is 4.90 Å². The van der Waals surface area contributed by atoms with Gasteiger partial charge in [-0.25, -0.2) is 8.78 Å². The van der Waals surface area contributed by atoms with Gasteiger partial charge in [0.1, 0.15) is 11.6 Å². The van der Waals surface area contributed by atoms with Gasteiger partial charge in [0.05, 0.1) is 0 Å². The standard InChI is InChI=1S/C21H21F2N/c22-20-7-4-8-21(23)19(20)13-16-11-17-9-10-18(12-16)24(17)14-15-5-2-1-3-6-15/h1-8,11,17-18H,9-10,12-14H2. The lowest BCUT2D eigenvalue weighted by molar-refractivity contribution is 0.194. The first-order valence-corrected chi connectivity index (χ1v) is 8.63. The van der Waals surface area contributed by atoms with E-state index in [9.17, 15) is 8.78 Å². The van der Waals surface area contributed by atoms with Crippen molar-refractivity contribution in [2.75, 3.05) is 0 Å². The Morgan fingerprint density at radius 3 is 2.38 bits per heavy atom. The number of benzene rings is 2. The molecule has 124 valence electrons. The fourth-order valence-corrected chi connectivity index (χ4v) is 4.11. The van der Waals surface area contributed by atoms with E-state index < -0.39 is 11.6 Å². The summed E-state index contributed by atoms with van der Waals surface area (Å²) in [5.74, 6) is -0.870. The minimum Gasteiger partial charge on any atom is -0.289 e. The molecule has 0 aromatic heterocycles. The maximum Gasteiger partial charge on any atom is 0.129 e. The van der Waals surface area contributed by atoms with Crippen molar-refractivity contribution < 1.29 is 8.78 Å². The molecule has 0 spiro atoms. The highest BCUT2D eigenvalue weighted by molar-refractivity contribution is 5.29. The van der Waals surface area contributed by atoms with Crippen molar-refractivity contribution in [2.24, 2.45) is 0 Å². The van der Waals surface area contributed by atoms with Crippen LogP contribution in [0.1, 0.15) is 30.4 Å². The largest absolute Gasteiger partial charge is 0.289 e. The minimum absolute atomic E-state index is 0.208. The molecule has 1 saturated heterocycles. The number of hydrogen-bond acceptors (Lipinski definition) is 1. The smallest absolute Gasteiger partial charge is 0.129 e. The topological polar surface area (TPSA) is 3.24 Å². The number of hydrogen-bond donors (Lipinski definition) is 0. The normalized spacial score (nSPS) is 23.3. The Hall–Kier alpha value is -2.00. The van der Waals surface area contributed by atoms with Crippen LogP contribution in [0.2, 0.25) is 0 Å². The first-order chi connectivity index (χ1) is 11.7. The van der Waals surface area contributed by atoms with Crippen LogP contribution < -0.4 is 0 Å². The van der Waals surface area contributed by atoms with Gasteiger partial charge in [0.2, 0.25) is 0 Å². The molecule has 2 aliphatic rings. The Balaban J connectivity index is 1.52. The van der Waals surface area contributed by atoms with E-state index in [4.69, 9.17) is 0 Å². The van der Waals surface area contributed by atoms with E-state index in [2.05, 4.69) is 35.2 Å². The van der Waals surface area contributed by atoms with E-state index >= 15 is 0 Å². The van der Waals surface area contributed by atoms with Crippen LogP contribution in [-0.2, 0) is 13.0 Å². The Kier molecular flexibility index (Phi) is 4.19. The van der Waals surface area contributed by atoms with Crippen molar-refractivity contribution in [1.82, 2.24) is 4.90 Å². The predicted molar refractivity (Wildman–Crippen MR) is 91.6 cm³/mol. The summed E-state index contributed by atoms with van der Waals surface area (Å²) in [6, 6.07) is 15.5. The molecule has 4 rings (SSSR count). The number of halogens is 2. The SMILES string of the molecule is Fc1cccc(F)c1CC1=CC2CCC(C1)N2Cc1ccccc1. The fourth-order valence-electron chi connectivity index (χ4n) is 4.11. The summed E-state index contributed by atoms with van der Waals surface area (Å²) < 4.78 is 27.8. The quantitative estimate of drug-likeness (QED) is 0.725. The summed E-state index contributed by atoms with van der Waals surface area (Å²) >= 11 is 0. The van der Waals surface area contributed by atoms with Crippen molar-refractivity contribution in [3.05, 3.63) is 82.9 Å². The molecule has 2 aliphatic heterocycles. The van der Waals surface area contributed by atoms with Crippen LogP contribution >= 0.6 is 0 Å². The lowest BCUT2D eigenvalue weighted by atomic mass is 9.94. The third-order valence-corrected chi connectivity index (χ3v) is 5.29. The van der Waals surface area contributed by atoms with Gasteiger partial charge in [0, 0.05) is 24.2 Å². The van der Waals surface area contributed by atoms with Gasteiger partial charge in [0.15, 0.2) is 0 Å². The molecule has 0 radical (unpaired) electrons. The van der Waals surface area contributed by atoms with E-state index in [1.54, 1.807) is 0 Å². The summed E-state index contributed by atoms with van der Waals surface area (Å²) in [6.07, 6.45) is 5.86. The number of nitrogens with zero attached hydrogens (tertiary/aromatic N) is 1. The highest BCUT2D eigenvalue weighted by atomic mass is 19.1. The predicted octanol–water partition coefficient (Wildman–Crippen LogP) is 4.87. The van der Waals surface area contributed by atoms with Gasteiger partial charge < -0.3 is 0 Å². The molecular weight excluding hydrogens is 304 g/mol. The summed E-state index contributed by atoms with van der Waals surface area (Å²) in [5.41, 5.74) is 2.71. The highest BCUT2D eigenvalue weighted by Gasteiger charge is 2.36. The van der Waals surface area contributed by atoms with E-state index in [1.165, 1.54) is 29.3 Å². The molecular formula is C21H21F2N. The third-order valence-electron chi connectivity index (χ3n) is 5.29. The summed E-state index contributed by atoms with van der Waals surface area (Å²) in [6.45, 7) is 0.952. The van der Waals surface area contributed by atoms with Crippen LogP contribution in [0.25, 0.3) is 0 Å². The summed E-state index contributed by atoms with van der Waals surface area (Å²) in [7, 11) is 0. The average Bonchev–Trinajstić information content (AvgIpc) is 2.81. The highest BCUT2D eigenvalue weighted by Crippen LogP contribution is 2.37. The van der Waals surface area contributed by atoms with E-state index in [-0.39, 0.29) is 5.56 Å². The Bertz CT molecular complexity index is 733. The Morgan fingerprint density at radius 2 is 1.67 bits per heavy atom. The van der Waals surface area contributed by atoms with Crippen LogP contribution in [0.5, 0.6) is 0 Å². The molecule has 2 bridgehead atoms. The second kappa shape index (κ2) is 6.48. The lowest BCUT2D eigenvalue weighted by Crippen LogP contribution is -2.38. The van der Waals surface area contributed by atoms with Crippen molar-refractivity contribution in [3.8, 4) is 0 Å². The zero-order chi connectivity index (χ0) is 16.5. The molecule has 2 unspecified atom stereocenters. The third kappa shape index (κ3) is 3.01. The maximum atomic E-state index is 13.9.